The van der Waals surface area contributed by atoms with E-state index in [-0.39, 0.29) is 26.1 Å². The van der Waals surface area contributed by atoms with Gasteiger partial charge >= 0.3 is 18.2 Å². The van der Waals surface area contributed by atoms with Crippen LogP contribution in [0.3, 0.4) is 0 Å². The molecule has 1 N–H and O–H groups in total. The number of rotatable bonds is 7. The highest BCUT2D eigenvalue weighted by Crippen LogP contribution is 2.14. The van der Waals surface area contributed by atoms with Crippen molar-refractivity contribution >= 4 is 18.2 Å². The number of ether oxygens (including phenoxy) is 3. The molecule has 0 radical (unpaired) electrons. The predicted molar refractivity (Wildman–Crippen MR) is 96.7 cm³/mol. The van der Waals surface area contributed by atoms with Crippen molar-refractivity contribution in [3.63, 3.8) is 0 Å². The van der Waals surface area contributed by atoms with Crippen molar-refractivity contribution in [2.75, 3.05) is 13.2 Å². The number of alkyl carbamates (subject to hydrolysis) is 1. The van der Waals surface area contributed by atoms with Gasteiger partial charge in [0.15, 0.2) is 0 Å². The highest BCUT2D eigenvalue weighted by Gasteiger charge is 2.32. The van der Waals surface area contributed by atoms with E-state index in [1.165, 1.54) is 4.90 Å². The van der Waals surface area contributed by atoms with Crippen LogP contribution in [-0.4, -0.2) is 48.0 Å². The molecule has 1 heterocycles. The van der Waals surface area contributed by atoms with Crippen LogP contribution in [-0.2, 0) is 25.6 Å². The van der Waals surface area contributed by atoms with E-state index in [0.29, 0.717) is 6.54 Å². The van der Waals surface area contributed by atoms with Gasteiger partial charge in [0, 0.05) is 6.42 Å². The van der Waals surface area contributed by atoms with Crippen molar-refractivity contribution in [3.8, 4) is 0 Å². The second kappa shape index (κ2) is 9.25. The average molecular weight is 378 g/mol. The molecule has 0 bridgehead atoms. The zero-order valence-electron chi connectivity index (χ0n) is 15.9. The molecule has 1 unspecified atom stereocenters. The molecule has 1 aliphatic rings. The van der Waals surface area contributed by atoms with Crippen LogP contribution < -0.4 is 5.32 Å². The number of nitrogens with zero attached hydrogens (tertiary/aromatic N) is 1. The van der Waals surface area contributed by atoms with Crippen LogP contribution in [0.4, 0.5) is 9.59 Å². The minimum absolute atomic E-state index is 0.0388. The lowest BCUT2D eigenvalue weighted by Gasteiger charge is -2.28. The van der Waals surface area contributed by atoms with Gasteiger partial charge in [-0.3, -0.25) is 9.69 Å². The Morgan fingerprint density at radius 2 is 1.96 bits per heavy atom. The summed E-state index contributed by atoms with van der Waals surface area (Å²) in [6.45, 7) is 5.98. The molecular weight excluding hydrogens is 352 g/mol. The summed E-state index contributed by atoms with van der Waals surface area (Å²) in [5.74, 6) is -0.414. The molecule has 148 valence electrons. The summed E-state index contributed by atoms with van der Waals surface area (Å²) in [4.78, 5) is 37.3. The normalized spacial score (nSPS) is 15.1. The molecule has 1 saturated heterocycles. The Morgan fingerprint density at radius 3 is 2.56 bits per heavy atom. The lowest BCUT2D eigenvalue weighted by molar-refractivity contribution is -0.145. The Kier molecular flexibility index (Phi) is 7.04. The number of cyclic esters (lactones) is 1. The summed E-state index contributed by atoms with van der Waals surface area (Å²) in [6, 6.07) is 9.33. The monoisotopic (exact) mass is 378 g/mol. The minimum Gasteiger partial charge on any atom is -0.461 e. The van der Waals surface area contributed by atoms with Crippen LogP contribution in [0.5, 0.6) is 0 Å². The number of benzene rings is 1. The van der Waals surface area contributed by atoms with Gasteiger partial charge in [-0.05, 0) is 32.8 Å². The van der Waals surface area contributed by atoms with Crippen LogP contribution >= 0.6 is 0 Å². The maximum absolute atomic E-state index is 12.1. The first-order chi connectivity index (χ1) is 12.7. The molecule has 2 rings (SSSR count). The fourth-order valence-corrected chi connectivity index (χ4v) is 2.50. The number of esters is 1. The SMILES string of the molecule is CC(C)(C)OC(=O)NC(CCC(=O)OCc1ccccc1)N1CCOC1=O. The molecule has 27 heavy (non-hydrogen) atoms. The van der Waals surface area contributed by atoms with Crippen molar-refractivity contribution in [1.82, 2.24) is 10.2 Å². The Balaban J connectivity index is 1.88. The van der Waals surface area contributed by atoms with E-state index in [2.05, 4.69) is 5.32 Å². The van der Waals surface area contributed by atoms with Crippen molar-refractivity contribution in [3.05, 3.63) is 35.9 Å². The lowest BCUT2D eigenvalue weighted by Crippen LogP contribution is -2.50. The molecule has 1 aromatic carbocycles. The highest BCUT2D eigenvalue weighted by molar-refractivity contribution is 5.73. The molecule has 1 aliphatic heterocycles. The molecule has 0 aliphatic carbocycles. The first kappa shape index (κ1) is 20.5. The first-order valence-corrected chi connectivity index (χ1v) is 8.87. The first-order valence-electron chi connectivity index (χ1n) is 8.87. The Morgan fingerprint density at radius 1 is 1.26 bits per heavy atom. The molecule has 8 heteroatoms. The van der Waals surface area contributed by atoms with E-state index >= 15 is 0 Å². The number of hydrogen-bond acceptors (Lipinski definition) is 6. The van der Waals surface area contributed by atoms with E-state index in [9.17, 15) is 14.4 Å². The second-order valence-corrected chi connectivity index (χ2v) is 7.15. The maximum Gasteiger partial charge on any atom is 0.411 e. The van der Waals surface area contributed by atoms with Crippen molar-refractivity contribution in [2.24, 2.45) is 0 Å². The second-order valence-electron chi connectivity index (χ2n) is 7.15. The lowest BCUT2D eigenvalue weighted by atomic mass is 10.2. The van der Waals surface area contributed by atoms with Crippen LogP contribution in [0, 0.1) is 0 Å². The van der Waals surface area contributed by atoms with E-state index in [1.54, 1.807) is 20.8 Å². The van der Waals surface area contributed by atoms with Gasteiger partial charge in [0.05, 0.1) is 6.54 Å². The summed E-state index contributed by atoms with van der Waals surface area (Å²) < 4.78 is 15.4. The molecule has 0 saturated carbocycles. The number of amides is 2. The summed E-state index contributed by atoms with van der Waals surface area (Å²) in [7, 11) is 0. The van der Waals surface area contributed by atoms with Crippen molar-refractivity contribution in [2.45, 2.75) is 52.0 Å². The van der Waals surface area contributed by atoms with Crippen LogP contribution in [0.1, 0.15) is 39.2 Å². The molecule has 1 fully saturated rings. The number of hydrogen-bond donors (Lipinski definition) is 1. The van der Waals surface area contributed by atoms with E-state index in [1.807, 2.05) is 30.3 Å². The van der Waals surface area contributed by atoms with Gasteiger partial charge in [0.2, 0.25) is 0 Å². The summed E-state index contributed by atoms with van der Waals surface area (Å²) in [6.07, 6.45) is -1.67. The Hall–Kier alpha value is -2.77. The van der Waals surface area contributed by atoms with Crippen molar-refractivity contribution < 1.29 is 28.6 Å². The van der Waals surface area contributed by atoms with Crippen LogP contribution in [0.25, 0.3) is 0 Å². The smallest absolute Gasteiger partial charge is 0.411 e. The van der Waals surface area contributed by atoms with Gasteiger partial charge < -0.3 is 19.5 Å². The Labute approximate surface area is 158 Å². The fourth-order valence-electron chi connectivity index (χ4n) is 2.50. The zero-order chi connectivity index (χ0) is 19.9. The summed E-state index contributed by atoms with van der Waals surface area (Å²) in [5, 5.41) is 2.63. The minimum atomic E-state index is -0.709. The number of nitrogens with one attached hydrogen (secondary N) is 1. The topological polar surface area (TPSA) is 94.2 Å². The molecular formula is C19H26N2O6. The van der Waals surface area contributed by atoms with E-state index < -0.39 is 29.9 Å². The largest absolute Gasteiger partial charge is 0.461 e. The quantitative estimate of drug-likeness (QED) is 0.579. The third-order valence-electron chi connectivity index (χ3n) is 3.72. The summed E-state index contributed by atoms with van der Waals surface area (Å²) >= 11 is 0. The van der Waals surface area contributed by atoms with Gasteiger partial charge in [0.1, 0.15) is 25.0 Å². The average Bonchev–Trinajstić information content (AvgIpc) is 3.02. The number of carbonyl (C=O) groups is 3. The van der Waals surface area contributed by atoms with Gasteiger partial charge in [-0.25, -0.2) is 9.59 Å². The van der Waals surface area contributed by atoms with Gasteiger partial charge in [0.25, 0.3) is 0 Å². The van der Waals surface area contributed by atoms with Crippen molar-refractivity contribution in [1.29, 1.82) is 0 Å². The van der Waals surface area contributed by atoms with Crippen LogP contribution in [0.15, 0.2) is 30.3 Å². The highest BCUT2D eigenvalue weighted by atomic mass is 16.6. The zero-order valence-corrected chi connectivity index (χ0v) is 15.9. The van der Waals surface area contributed by atoms with E-state index in [4.69, 9.17) is 14.2 Å². The maximum atomic E-state index is 12.1. The van der Waals surface area contributed by atoms with Gasteiger partial charge in [-0.1, -0.05) is 30.3 Å². The molecule has 0 aromatic heterocycles. The van der Waals surface area contributed by atoms with E-state index in [0.717, 1.165) is 5.56 Å². The molecule has 2 amide bonds. The molecule has 0 spiro atoms. The third-order valence-corrected chi connectivity index (χ3v) is 3.72. The standard InChI is InChI=1S/C19H26N2O6/c1-19(2,3)27-17(23)20-15(21-11-12-25-18(21)24)9-10-16(22)26-13-14-7-5-4-6-8-14/h4-8,15H,9-13H2,1-3H3,(H,20,23). The molecule has 8 nitrogen and oxygen atoms in total. The fraction of sp³-hybridized carbons (Fsp3) is 0.526. The summed E-state index contributed by atoms with van der Waals surface area (Å²) in [5.41, 5.74) is 0.215. The Bertz CT molecular complexity index is 656. The number of carbonyl (C=O) groups excluding carboxylic acids is 3. The molecule has 1 aromatic rings. The van der Waals surface area contributed by atoms with Gasteiger partial charge in [-0.15, -0.1) is 0 Å². The third kappa shape index (κ3) is 7.16. The van der Waals surface area contributed by atoms with Crippen LogP contribution in [0.2, 0.25) is 0 Å². The molecule has 1 atom stereocenters. The van der Waals surface area contributed by atoms with Gasteiger partial charge in [-0.2, -0.15) is 0 Å². The predicted octanol–water partition coefficient (Wildman–Crippen LogP) is 2.81.